The van der Waals surface area contributed by atoms with Crippen molar-refractivity contribution in [2.24, 2.45) is 0 Å². The van der Waals surface area contributed by atoms with E-state index in [9.17, 15) is 25.2 Å². The molecule has 2 atom stereocenters. The largest absolute Gasteiger partial charge is 0.465 e. The zero-order valence-corrected chi connectivity index (χ0v) is 14.2. The van der Waals surface area contributed by atoms with Gasteiger partial charge in [-0.2, -0.15) is 0 Å². The van der Waals surface area contributed by atoms with E-state index < -0.39 is 35.2 Å². The molecule has 1 aromatic carbocycles. The zero-order valence-electron chi connectivity index (χ0n) is 14.2. The lowest BCUT2D eigenvalue weighted by Gasteiger charge is -2.45. The van der Waals surface area contributed by atoms with E-state index in [4.69, 9.17) is 33.8 Å². The van der Waals surface area contributed by atoms with Gasteiger partial charge >= 0.3 is 5.97 Å². The van der Waals surface area contributed by atoms with Crippen molar-refractivity contribution in [1.29, 1.82) is 0 Å². The number of hydrogen-bond acceptors (Lipinski definition) is 9. The zero-order chi connectivity index (χ0) is 21.1. The fourth-order valence-corrected chi connectivity index (χ4v) is 1.74. The molecule has 0 saturated heterocycles. The van der Waals surface area contributed by atoms with Crippen molar-refractivity contribution in [1.82, 2.24) is 0 Å². The normalized spacial score (nSPS) is 16.4. The van der Waals surface area contributed by atoms with Crippen LogP contribution in [-0.2, 0) is 9.47 Å². The highest BCUT2D eigenvalue weighted by atomic mass is 16.8. The van der Waals surface area contributed by atoms with E-state index in [0.717, 1.165) is 0 Å². The summed E-state index contributed by atoms with van der Waals surface area (Å²) in [7, 11) is 16.2. The van der Waals surface area contributed by atoms with Crippen LogP contribution in [0.25, 0.3) is 0 Å². The van der Waals surface area contributed by atoms with Crippen molar-refractivity contribution in [3.05, 3.63) is 35.4 Å². The number of methoxy groups -OCH3 is 1. The molecule has 0 spiro atoms. The van der Waals surface area contributed by atoms with Gasteiger partial charge in [-0.15, -0.1) is 0 Å². The van der Waals surface area contributed by atoms with E-state index >= 15 is 0 Å². The minimum atomic E-state index is -3.57. The fraction of sp³-hybridized carbons (Fsp3) is 0.400. The minimum absolute atomic E-state index is 0.183. The molecule has 0 aliphatic rings. The molecule has 138 valence electrons. The van der Waals surface area contributed by atoms with Crippen molar-refractivity contribution in [3.63, 3.8) is 0 Å². The average molecular weight is 372 g/mol. The van der Waals surface area contributed by atoms with Crippen LogP contribution < -0.4 is 0 Å². The topological polar surface area (TPSA) is 157 Å². The van der Waals surface area contributed by atoms with Crippen molar-refractivity contribution < 1.29 is 44.9 Å². The Morgan fingerprint density at radius 1 is 1.04 bits per heavy atom. The number of hydrogen-bond donors (Lipinski definition) is 6. The van der Waals surface area contributed by atoms with Gasteiger partial charge in [0.2, 0.25) is 5.87 Å². The molecular formula is C15H15B3O9. The standard InChI is InChI=1S/C15H15B3O9/c1-26-11(19)10-4-2-9(3-5-10)6-7-12(20,8-27-15(18,24)25)13(16,21)14(17,22)23/h2-5,20-25H,8H2,1H3/t12-,13?/m0/s1. The maximum Gasteiger partial charge on any atom is 0.337 e. The second-order valence-corrected chi connectivity index (χ2v) is 5.62. The summed E-state index contributed by atoms with van der Waals surface area (Å²) in [5, 5.41) is 57.2. The predicted molar refractivity (Wildman–Crippen MR) is 92.1 cm³/mol. The maximum atomic E-state index is 11.4. The van der Waals surface area contributed by atoms with Crippen LogP contribution in [0.3, 0.4) is 0 Å². The van der Waals surface area contributed by atoms with Crippen molar-refractivity contribution >= 4 is 29.5 Å². The summed E-state index contributed by atoms with van der Waals surface area (Å²) < 4.78 is 8.81. The van der Waals surface area contributed by atoms with Gasteiger partial charge in [0.25, 0.3) is 0 Å². The Kier molecular flexibility index (Phi) is 6.91. The minimum Gasteiger partial charge on any atom is -0.465 e. The van der Waals surface area contributed by atoms with Crippen LogP contribution in [0.1, 0.15) is 15.9 Å². The molecule has 0 fully saturated rings. The molecular weight excluding hydrogens is 357 g/mol. The van der Waals surface area contributed by atoms with Gasteiger partial charge in [0.1, 0.15) is 19.0 Å². The van der Waals surface area contributed by atoms with E-state index in [-0.39, 0.29) is 11.1 Å². The summed E-state index contributed by atoms with van der Waals surface area (Å²) in [6.45, 7) is -1.29. The number of carbonyl (C=O) groups is 1. The van der Waals surface area contributed by atoms with Gasteiger partial charge in [-0.3, -0.25) is 0 Å². The summed E-state index contributed by atoms with van der Waals surface area (Å²) in [6.07, 6.45) is 0. The predicted octanol–water partition coefficient (Wildman–Crippen LogP) is -4.00. The van der Waals surface area contributed by atoms with Crippen LogP contribution in [0.5, 0.6) is 0 Å². The molecule has 6 N–H and O–H groups in total. The third-order valence-electron chi connectivity index (χ3n) is 3.40. The first-order valence-corrected chi connectivity index (χ1v) is 7.19. The van der Waals surface area contributed by atoms with E-state index in [1.807, 2.05) is 5.92 Å². The SMILES string of the molecule is [B]C(O)(O)OC[C@@](O)(C#Cc1ccc(C(=O)OC)cc1)C([B])(O)C([B])(O)O. The van der Waals surface area contributed by atoms with E-state index in [1.54, 1.807) is 0 Å². The lowest BCUT2D eigenvalue weighted by molar-refractivity contribution is -0.306. The number of aliphatic hydroxyl groups is 6. The molecule has 0 saturated carbocycles. The Balaban J connectivity index is 3.26. The summed E-state index contributed by atoms with van der Waals surface area (Å²) >= 11 is 0. The number of rotatable bonds is 6. The van der Waals surface area contributed by atoms with Gasteiger partial charge < -0.3 is 40.1 Å². The third kappa shape index (κ3) is 5.82. The molecule has 0 aliphatic carbocycles. The van der Waals surface area contributed by atoms with Crippen LogP contribution in [-0.4, -0.2) is 96.5 Å². The first-order chi connectivity index (χ1) is 12.1. The van der Waals surface area contributed by atoms with E-state index in [1.165, 1.54) is 31.4 Å². The molecule has 1 rings (SSSR count). The molecule has 6 radical (unpaired) electrons. The number of benzene rings is 1. The van der Waals surface area contributed by atoms with Crippen LogP contribution in [0, 0.1) is 11.8 Å². The summed E-state index contributed by atoms with van der Waals surface area (Å²) in [5.41, 5.74) is -9.65. The first-order valence-electron chi connectivity index (χ1n) is 7.19. The molecule has 1 unspecified atom stereocenters. The van der Waals surface area contributed by atoms with Crippen molar-refractivity contribution in [2.75, 3.05) is 13.7 Å². The Bertz CT molecular complexity index is 726. The monoisotopic (exact) mass is 372 g/mol. The van der Waals surface area contributed by atoms with Crippen molar-refractivity contribution in [3.8, 4) is 11.8 Å². The summed E-state index contributed by atoms with van der Waals surface area (Å²) in [6, 6.07) is 5.37. The van der Waals surface area contributed by atoms with Crippen LogP contribution >= 0.6 is 0 Å². The highest BCUT2D eigenvalue weighted by molar-refractivity contribution is 6.25. The van der Waals surface area contributed by atoms with Gasteiger partial charge in [-0.1, -0.05) is 11.8 Å². The molecule has 0 aromatic heterocycles. The Morgan fingerprint density at radius 3 is 1.96 bits per heavy atom. The second kappa shape index (κ2) is 8.04. The highest BCUT2D eigenvalue weighted by Crippen LogP contribution is 2.28. The number of esters is 1. The lowest BCUT2D eigenvalue weighted by Crippen LogP contribution is -2.70. The molecule has 0 amide bonds. The van der Waals surface area contributed by atoms with Crippen LogP contribution in [0.15, 0.2) is 24.3 Å². The fourth-order valence-electron chi connectivity index (χ4n) is 1.74. The maximum absolute atomic E-state index is 11.4. The van der Waals surface area contributed by atoms with Gasteiger partial charge in [-0.05, 0) is 24.3 Å². The van der Waals surface area contributed by atoms with Gasteiger partial charge in [0.15, 0.2) is 21.3 Å². The van der Waals surface area contributed by atoms with Gasteiger partial charge in [-0.25, -0.2) is 4.79 Å². The first kappa shape index (κ1) is 23.2. The Hall–Kier alpha value is -1.84. The lowest BCUT2D eigenvalue weighted by atomic mass is 9.57. The molecule has 27 heavy (non-hydrogen) atoms. The molecule has 1 aromatic rings. The Labute approximate surface area is 158 Å². The summed E-state index contributed by atoms with van der Waals surface area (Å²) in [4.78, 5) is 11.4. The number of ether oxygens (including phenoxy) is 2. The van der Waals surface area contributed by atoms with E-state index in [2.05, 4.69) is 15.4 Å². The smallest absolute Gasteiger partial charge is 0.337 e. The second-order valence-electron chi connectivity index (χ2n) is 5.62. The quantitative estimate of drug-likeness (QED) is 0.127. The third-order valence-corrected chi connectivity index (χ3v) is 3.40. The molecule has 0 bridgehead atoms. The summed E-state index contributed by atoms with van der Waals surface area (Å²) in [5.74, 6) is 0.480. The molecule has 12 heteroatoms. The molecule has 0 aliphatic heterocycles. The van der Waals surface area contributed by atoms with Gasteiger partial charge in [0, 0.05) is 5.56 Å². The van der Waals surface area contributed by atoms with Gasteiger partial charge in [0.05, 0.1) is 19.3 Å². The average Bonchev–Trinajstić information content (AvgIpc) is 2.56. The highest BCUT2D eigenvalue weighted by Gasteiger charge is 2.55. The van der Waals surface area contributed by atoms with Crippen LogP contribution in [0.4, 0.5) is 0 Å². The van der Waals surface area contributed by atoms with Crippen LogP contribution in [0.2, 0.25) is 0 Å². The number of carbonyl (C=O) groups excluding carboxylic acids is 1. The Morgan fingerprint density at radius 2 is 1.56 bits per heavy atom. The van der Waals surface area contributed by atoms with E-state index in [0.29, 0.717) is 0 Å². The molecule has 9 nitrogen and oxygen atoms in total. The molecule has 0 heterocycles. The van der Waals surface area contributed by atoms with Crippen molar-refractivity contribution in [2.45, 2.75) is 22.7 Å².